The predicted octanol–water partition coefficient (Wildman–Crippen LogP) is 4.02. The molecule has 1 aliphatic carbocycles. The van der Waals surface area contributed by atoms with Crippen LogP contribution in [-0.2, 0) is 10.2 Å². The summed E-state index contributed by atoms with van der Waals surface area (Å²) in [6.45, 7) is 6.48. The third-order valence-electron chi connectivity index (χ3n) is 4.71. The van der Waals surface area contributed by atoms with Gasteiger partial charge >= 0.3 is 5.97 Å². The lowest BCUT2D eigenvalue weighted by molar-refractivity contribution is 0.0607. The Morgan fingerprint density at radius 2 is 2.04 bits per heavy atom. The summed E-state index contributed by atoms with van der Waals surface area (Å²) in [6, 6.07) is 2.90. The van der Waals surface area contributed by atoms with Crippen LogP contribution in [0, 0.1) is 0 Å². The zero-order valence-electron chi connectivity index (χ0n) is 15.3. The van der Waals surface area contributed by atoms with E-state index in [0.29, 0.717) is 17.0 Å². The second-order valence-electron chi connectivity index (χ2n) is 7.62. The molecule has 2 aromatic heterocycles. The Morgan fingerprint density at radius 3 is 2.60 bits per heavy atom. The van der Waals surface area contributed by atoms with Gasteiger partial charge in [0, 0.05) is 10.9 Å². The molecule has 1 aliphatic rings. The van der Waals surface area contributed by atoms with Crippen LogP contribution < -0.4 is 5.32 Å². The van der Waals surface area contributed by atoms with Gasteiger partial charge in [0.15, 0.2) is 0 Å². The van der Waals surface area contributed by atoms with E-state index in [2.05, 4.69) is 42.2 Å². The van der Waals surface area contributed by atoms with E-state index in [1.165, 1.54) is 23.3 Å². The van der Waals surface area contributed by atoms with Crippen molar-refractivity contribution >= 4 is 23.0 Å². The summed E-state index contributed by atoms with van der Waals surface area (Å²) in [6.07, 6.45) is 7.60. The third-order valence-corrected chi connectivity index (χ3v) is 6.25. The summed E-state index contributed by atoms with van der Waals surface area (Å²) < 4.78 is 6.93. The first kappa shape index (κ1) is 17.9. The second kappa shape index (κ2) is 7.15. The van der Waals surface area contributed by atoms with Crippen molar-refractivity contribution in [3.63, 3.8) is 0 Å². The molecule has 0 saturated heterocycles. The molecular weight excluding hydrogens is 336 g/mol. The van der Waals surface area contributed by atoms with E-state index in [1.807, 2.05) is 4.68 Å². The van der Waals surface area contributed by atoms with Crippen molar-refractivity contribution in [2.24, 2.45) is 0 Å². The van der Waals surface area contributed by atoms with Gasteiger partial charge in [-0.05, 0) is 37.2 Å². The first-order valence-electron chi connectivity index (χ1n) is 8.71. The second-order valence-corrected chi connectivity index (χ2v) is 8.67. The minimum atomic E-state index is -0.265. The van der Waals surface area contributed by atoms with Gasteiger partial charge < -0.3 is 10.1 Å². The fourth-order valence-electron chi connectivity index (χ4n) is 3.22. The van der Waals surface area contributed by atoms with E-state index in [9.17, 15) is 4.79 Å². The molecule has 3 rings (SSSR count). The van der Waals surface area contributed by atoms with Gasteiger partial charge in [0.25, 0.3) is 0 Å². The number of hydrogen-bond donors (Lipinski definition) is 1. The van der Waals surface area contributed by atoms with Gasteiger partial charge in [-0.3, -0.25) is 0 Å². The molecule has 0 radical (unpaired) electrons. The van der Waals surface area contributed by atoms with Crippen molar-refractivity contribution in [2.45, 2.75) is 64.0 Å². The molecule has 0 bridgehead atoms. The van der Waals surface area contributed by atoms with Crippen molar-refractivity contribution in [3.8, 4) is 0 Å². The highest BCUT2D eigenvalue weighted by molar-refractivity contribution is 7.14. The van der Waals surface area contributed by atoms with Crippen molar-refractivity contribution in [1.29, 1.82) is 0 Å². The van der Waals surface area contributed by atoms with Crippen LogP contribution in [0.4, 0.5) is 5.69 Å². The molecule has 0 atom stereocenters. The quantitative estimate of drug-likeness (QED) is 0.832. The van der Waals surface area contributed by atoms with Gasteiger partial charge in [0.2, 0.25) is 0 Å². The molecule has 0 aromatic carbocycles. The maximum absolute atomic E-state index is 12.2. The molecule has 0 spiro atoms. The maximum atomic E-state index is 12.2. The van der Waals surface area contributed by atoms with Crippen LogP contribution in [-0.4, -0.2) is 33.9 Å². The van der Waals surface area contributed by atoms with Crippen LogP contribution in [0.5, 0.6) is 0 Å². The Hall–Kier alpha value is -1.89. The van der Waals surface area contributed by atoms with Gasteiger partial charge in [-0.2, -0.15) is 5.10 Å². The molecule has 136 valence electrons. The maximum Gasteiger partial charge on any atom is 0.350 e. The number of carbonyl (C=O) groups excluding carboxylic acids is 1. The standard InChI is InChI=1S/C18H26N4O2S/c1-18(2,3)15-9-14(16(25-15)17(23)24-4)21-12-5-7-13(8-6-12)22-11-19-10-20-22/h9-13,21H,5-8H2,1-4H3. The molecule has 25 heavy (non-hydrogen) atoms. The minimum Gasteiger partial charge on any atom is -0.465 e. The summed E-state index contributed by atoms with van der Waals surface area (Å²) in [4.78, 5) is 18.0. The fourth-order valence-corrected chi connectivity index (χ4v) is 4.32. The van der Waals surface area contributed by atoms with E-state index in [0.717, 1.165) is 31.4 Å². The van der Waals surface area contributed by atoms with Crippen molar-refractivity contribution in [1.82, 2.24) is 14.8 Å². The average molecular weight is 362 g/mol. The highest BCUT2D eigenvalue weighted by Crippen LogP contribution is 2.37. The molecular formula is C18H26N4O2S. The van der Waals surface area contributed by atoms with Crippen LogP contribution in [0.15, 0.2) is 18.7 Å². The molecule has 0 aliphatic heterocycles. The molecule has 2 heterocycles. The van der Waals surface area contributed by atoms with E-state index in [-0.39, 0.29) is 11.4 Å². The first-order valence-corrected chi connectivity index (χ1v) is 9.53. The van der Waals surface area contributed by atoms with Gasteiger partial charge in [0.1, 0.15) is 17.5 Å². The van der Waals surface area contributed by atoms with Crippen molar-refractivity contribution in [3.05, 3.63) is 28.5 Å². The Kier molecular flexibility index (Phi) is 5.13. The zero-order valence-corrected chi connectivity index (χ0v) is 16.1. The average Bonchev–Trinajstić information content (AvgIpc) is 3.24. The number of nitrogens with zero attached hydrogens (tertiary/aromatic N) is 3. The normalized spacial score (nSPS) is 21.1. The van der Waals surface area contributed by atoms with E-state index in [4.69, 9.17) is 4.74 Å². The van der Waals surface area contributed by atoms with Crippen LogP contribution in [0.2, 0.25) is 0 Å². The largest absolute Gasteiger partial charge is 0.465 e. The number of esters is 1. The van der Waals surface area contributed by atoms with Crippen molar-refractivity contribution < 1.29 is 9.53 Å². The van der Waals surface area contributed by atoms with Crippen LogP contribution in [0.25, 0.3) is 0 Å². The highest BCUT2D eigenvalue weighted by atomic mass is 32.1. The van der Waals surface area contributed by atoms with E-state index >= 15 is 0 Å². The molecule has 0 amide bonds. The zero-order chi connectivity index (χ0) is 18.0. The summed E-state index contributed by atoms with van der Waals surface area (Å²) >= 11 is 1.53. The lowest BCUT2D eigenvalue weighted by Crippen LogP contribution is -2.28. The Balaban J connectivity index is 1.70. The van der Waals surface area contributed by atoms with E-state index < -0.39 is 0 Å². The Morgan fingerprint density at radius 1 is 1.32 bits per heavy atom. The number of carbonyl (C=O) groups is 1. The molecule has 1 N–H and O–H groups in total. The minimum absolute atomic E-state index is 0.0120. The summed E-state index contributed by atoms with van der Waals surface area (Å²) in [5.41, 5.74) is 0.920. The van der Waals surface area contributed by atoms with Gasteiger partial charge in [-0.1, -0.05) is 20.8 Å². The monoisotopic (exact) mass is 362 g/mol. The third kappa shape index (κ3) is 4.03. The predicted molar refractivity (Wildman–Crippen MR) is 99.3 cm³/mol. The first-order chi connectivity index (χ1) is 11.9. The van der Waals surface area contributed by atoms with Gasteiger partial charge in [0.05, 0.1) is 18.8 Å². The number of rotatable bonds is 4. The number of aromatic nitrogens is 3. The van der Waals surface area contributed by atoms with Gasteiger partial charge in [-0.25, -0.2) is 14.5 Å². The fraction of sp³-hybridized carbons (Fsp3) is 0.611. The van der Waals surface area contributed by atoms with Gasteiger partial charge in [-0.15, -0.1) is 11.3 Å². The number of methoxy groups -OCH3 is 1. The molecule has 7 heteroatoms. The molecule has 1 saturated carbocycles. The van der Waals surface area contributed by atoms with Crippen LogP contribution >= 0.6 is 11.3 Å². The summed E-state index contributed by atoms with van der Waals surface area (Å²) in [5.74, 6) is -0.265. The number of hydrogen-bond acceptors (Lipinski definition) is 6. The topological polar surface area (TPSA) is 69.0 Å². The lowest BCUT2D eigenvalue weighted by atomic mass is 9.91. The number of thiophene rings is 1. The van der Waals surface area contributed by atoms with E-state index in [1.54, 1.807) is 12.7 Å². The van der Waals surface area contributed by atoms with Crippen molar-refractivity contribution in [2.75, 3.05) is 12.4 Å². The smallest absolute Gasteiger partial charge is 0.350 e. The molecule has 2 aromatic rings. The highest BCUT2D eigenvalue weighted by Gasteiger charge is 2.27. The molecule has 1 fully saturated rings. The SMILES string of the molecule is COC(=O)c1sc(C(C)(C)C)cc1NC1CCC(n2cncn2)CC1. The molecule has 6 nitrogen and oxygen atoms in total. The Bertz CT molecular complexity index is 710. The molecule has 0 unspecified atom stereocenters. The lowest BCUT2D eigenvalue weighted by Gasteiger charge is -2.29. The van der Waals surface area contributed by atoms with Crippen LogP contribution in [0.3, 0.4) is 0 Å². The Labute approximate surface area is 152 Å². The number of anilines is 1. The number of ether oxygens (including phenoxy) is 1. The summed E-state index contributed by atoms with van der Waals surface area (Å²) in [5, 5.41) is 7.84. The number of nitrogens with one attached hydrogen (secondary N) is 1. The van der Waals surface area contributed by atoms with Crippen LogP contribution in [0.1, 0.15) is 67.0 Å². The summed E-state index contributed by atoms with van der Waals surface area (Å²) in [7, 11) is 1.44.